The largest absolute Gasteiger partial charge is 0.435 e. The zero-order valence-electron chi connectivity index (χ0n) is 36.4. The van der Waals surface area contributed by atoms with E-state index in [-0.39, 0.29) is 56.7 Å². The Morgan fingerprint density at radius 2 is 1.59 bits per heavy atom. The van der Waals surface area contributed by atoms with Crippen LogP contribution >= 0.6 is 11.6 Å². The number of hydrogen-bond donors (Lipinski definition) is 2. The van der Waals surface area contributed by atoms with Gasteiger partial charge in [-0.25, -0.2) is 30.6 Å². The summed E-state index contributed by atoms with van der Waals surface area (Å²) < 4.78 is 198. The molecule has 69 heavy (non-hydrogen) atoms. The SMILES string of the molecule is CCCC(=O)NS(=O)(=O)Cc1nn(CC(F)(F)F)c2c(-c3ccc(C#CC(C)(C)S(C)(=O)=O)nc3[C@H](Cc3cc(F)cc(F)c3)NC(=O)Cn3nc(C(F)(F)F)c4c3C(F)(F)[C@@H]3C[C@H]43)ccc(Cl)c12. The van der Waals surface area contributed by atoms with Crippen molar-refractivity contribution in [1.82, 2.24) is 34.6 Å². The molecule has 2 aliphatic rings. The van der Waals surface area contributed by atoms with Gasteiger partial charge < -0.3 is 5.32 Å². The number of sulfonamides is 1. The number of fused-ring (bicyclic) bond motifs is 4. The molecule has 370 valence electrons. The summed E-state index contributed by atoms with van der Waals surface area (Å²) in [5, 5.41) is 9.08. The van der Waals surface area contributed by atoms with Gasteiger partial charge in [0.2, 0.25) is 21.8 Å². The summed E-state index contributed by atoms with van der Waals surface area (Å²) in [5.74, 6) is -6.99. The fourth-order valence-corrected chi connectivity index (χ4v) is 9.70. The summed E-state index contributed by atoms with van der Waals surface area (Å²) in [5.41, 5.74) is -5.94. The summed E-state index contributed by atoms with van der Waals surface area (Å²) in [6.07, 6.45) is -10.2. The Hall–Kier alpha value is -5.74. The standard InChI is InChI=1S/C43H38ClF10N7O6S2/c1-5-6-32(62)59-69(66,67)19-31-35-29(44)10-9-26(37(35)61(57-31)20-41(47,48)49)25-8-7-24(11-12-40(2,3)68(4,64)65)55-36(25)30(15-21-13-22(45)16-23(46)14-21)56-33(63)18-60-39-34(38(58-60)43(52,53)54)27-17-28(27)42(39,50)51/h7-10,13-14,16,27-28,30H,5-6,15,17-20H2,1-4H3,(H,56,63)(H,59,62)/t27-,28+,30-/m0/s1. The van der Waals surface area contributed by atoms with Gasteiger partial charge in [-0.2, -0.15) is 45.3 Å². The number of carbonyl (C=O) groups excluding carboxylic acids is 2. The first kappa shape index (κ1) is 51.1. The maximum atomic E-state index is 15.5. The van der Waals surface area contributed by atoms with Crippen molar-refractivity contribution in [3.8, 4) is 23.0 Å². The lowest BCUT2D eigenvalue weighted by molar-refractivity contribution is -0.143. The zero-order chi connectivity index (χ0) is 51.0. The first-order valence-corrected chi connectivity index (χ1v) is 24.5. The minimum absolute atomic E-state index is 0.209. The van der Waals surface area contributed by atoms with Crippen LogP contribution in [0.2, 0.25) is 5.02 Å². The highest BCUT2D eigenvalue weighted by Crippen LogP contribution is 2.68. The monoisotopic (exact) mass is 1040 g/mol. The van der Waals surface area contributed by atoms with E-state index in [1.165, 1.54) is 32.0 Å². The highest BCUT2D eigenvalue weighted by molar-refractivity contribution is 7.92. The molecule has 0 saturated heterocycles. The normalized spacial score (nSPS) is 17.2. The number of alkyl halides is 8. The van der Waals surface area contributed by atoms with Crippen LogP contribution in [0.4, 0.5) is 43.9 Å². The van der Waals surface area contributed by atoms with Crippen molar-refractivity contribution in [2.75, 3.05) is 6.26 Å². The molecule has 7 rings (SSSR count). The lowest BCUT2D eigenvalue weighted by Gasteiger charge is -2.23. The minimum Gasteiger partial charge on any atom is -0.346 e. The van der Waals surface area contributed by atoms with Crippen molar-refractivity contribution in [1.29, 1.82) is 0 Å². The molecule has 0 radical (unpaired) electrons. The van der Waals surface area contributed by atoms with E-state index in [1.54, 1.807) is 6.92 Å². The van der Waals surface area contributed by atoms with Gasteiger partial charge in [-0.05, 0) is 80.8 Å². The van der Waals surface area contributed by atoms with Gasteiger partial charge >= 0.3 is 12.4 Å². The van der Waals surface area contributed by atoms with Gasteiger partial charge in [0.05, 0.1) is 28.0 Å². The van der Waals surface area contributed by atoms with E-state index < -0.39 is 143 Å². The van der Waals surface area contributed by atoms with E-state index in [1.807, 2.05) is 4.72 Å². The smallest absolute Gasteiger partial charge is 0.346 e. The predicted molar refractivity (Wildman–Crippen MR) is 228 cm³/mol. The van der Waals surface area contributed by atoms with Crippen LogP contribution in [0.3, 0.4) is 0 Å². The Bertz CT molecular complexity index is 3200. The van der Waals surface area contributed by atoms with Crippen molar-refractivity contribution < 1.29 is 70.3 Å². The summed E-state index contributed by atoms with van der Waals surface area (Å²) in [7, 11) is -8.52. The van der Waals surface area contributed by atoms with Gasteiger partial charge in [-0.15, -0.1) is 0 Å². The molecule has 0 unspecified atom stereocenters. The van der Waals surface area contributed by atoms with Crippen LogP contribution in [-0.2, 0) is 66.8 Å². The van der Waals surface area contributed by atoms with E-state index in [2.05, 4.69) is 32.3 Å². The van der Waals surface area contributed by atoms with Crippen molar-refractivity contribution in [3.05, 3.63) is 98.7 Å². The predicted octanol–water partition coefficient (Wildman–Crippen LogP) is 8.04. The molecule has 3 heterocycles. The average molecular weight is 1040 g/mol. The first-order chi connectivity index (χ1) is 31.8. The number of nitrogens with zero attached hydrogens (tertiary/aromatic N) is 5. The molecular formula is C43H38ClF10N7O6S2. The summed E-state index contributed by atoms with van der Waals surface area (Å²) in [6.45, 7) is 0.957. The zero-order valence-corrected chi connectivity index (χ0v) is 38.8. The van der Waals surface area contributed by atoms with Gasteiger partial charge in [0.1, 0.15) is 46.6 Å². The molecule has 2 aliphatic carbocycles. The average Bonchev–Trinajstić information content (AvgIpc) is 3.72. The van der Waals surface area contributed by atoms with Crippen molar-refractivity contribution in [3.63, 3.8) is 0 Å². The maximum absolute atomic E-state index is 15.5. The molecule has 26 heteroatoms. The molecular weight excluding hydrogens is 1000 g/mol. The van der Waals surface area contributed by atoms with Crippen LogP contribution < -0.4 is 10.0 Å². The first-order valence-electron chi connectivity index (χ1n) is 20.6. The molecule has 2 amide bonds. The summed E-state index contributed by atoms with van der Waals surface area (Å²) >= 11 is 6.56. The van der Waals surface area contributed by atoms with Gasteiger partial charge in [-0.1, -0.05) is 30.5 Å². The number of pyridine rings is 1. The number of rotatable bonds is 14. The van der Waals surface area contributed by atoms with Gasteiger partial charge in [0, 0.05) is 46.7 Å². The number of carbonyl (C=O) groups is 2. The van der Waals surface area contributed by atoms with Crippen LogP contribution in [0.15, 0.2) is 42.5 Å². The molecule has 2 N–H and O–H groups in total. The van der Waals surface area contributed by atoms with Gasteiger partial charge in [0.15, 0.2) is 15.5 Å². The second kappa shape index (κ2) is 17.9. The van der Waals surface area contributed by atoms with Crippen LogP contribution in [0, 0.1) is 29.4 Å². The quantitative estimate of drug-likeness (QED) is 0.0824. The molecule has 0 spiro atoms. The number of sulfone groups is 1. The highest BCUT2D eigenvalue weighted by atomic mass is 35.5. The third-order valence-corrected chi connectivity index (χ3v) is 14.9. The number of aromatic nitrogens is 5. The molecule has 3 aromatic heterocycles. The second-order valence-corrected chi connectivity index (χ2v) is 21.9. The summed E-state index contributed by atoms with van der Waals surface area (Å²) in [6, 6.07) is 5.11. The van der Waals surface area contributed by atoms with E-state index >= 15 is 8.78 Å². The van der Waals surface area contributed by atoms with Crippen LogP contribution in [0.1, 0.15) is 91.6 Å². The maximum Gasteiger partial charge on any atom is 0.435 e. The van der Waals surface area contributed by atoms with E-state index in [9.17, 15) is 61.5 Å². The number of nitrogens with one attached hydrogen (secondary N) is 2. The Morgan fingerprint density at radius 1 is 0.942 bits per heavy atom. The van der Waals surface area contributed by atoms with Crippen molar-refractivity contribution in [2.24, 2.45) is 5.92 Å². The Kier molecular flexibility index (Phi) is 13.3. The molecule has 3 atom stereocenters. The van der Waals surface area contributed by atoms with Gasteiger partial charge in [-0.3, -0.25) is 23.7 Å². The summed E-state index contributed by atoms with van der Waals surface area (Å²) in [4.78, 5) is 30.9. The van der Waals surface area contributed by atoms with Crippen LogP contribution in [-0.4, -0.2) is 70.4 Å². The number of halogens is 11. The minimum atomic E-state index is -5.20. The lowest BCUT2D eigenvalue weighted by atomic mass is 9.93. The van der Waals surface area contributed by atoms with E-state index in [4.69, 9.17) is 11.6 Å². The second-order valence-electron chi connectivity index (χ2n) is 17.2. The van der Waals surface area contributed by atoms with E-state index in [0.29, 0.717) is 10.7 Å². The lowest BCUT2D eigenvalue weighted by Crippen LogP contribution is -2.35. The number of benzene rings is 2. The fraction of sp³-hybridized carbons (Fsp3) is 0.419. The number of hydrogen-bond acceptors (Lipinski definition) is 9. The molecule has 5 aromatic rings. The third-order valence-electron chi connectivity index (χ3n) is 11.5. The molecule has 1 fully saturated rings. The fourth-order valence-electron chi connectivity index (χ4n) is 8.12. The third kappa shape index (κ3) is 10.7. The molecule has 0 aliphatic heterocycles. The van der Waals surface area contributed by atoms with Crippen molar-refractivity contribution in [2.45, 2.75) is 100 Å². The van der Waals surface area contributed by atoms with Crippen LogP contribution in [0.25, 0.3) is 22.0 Å². The van der Waals surface area contributed by atoms with Crippen molar-refractivity contribution >= 4 is 54.2 Å². The molecule has 2 aromatic carbocycles. The Balaban J connectivity index is 1.45. The highest BCUT2D eigenvalue weighted by Gasteiger charge is 2.68. The van der Waals surface area contributed by atoms with Crippen LogP contribution in [0.5, 0.6) is 0 Å². The molecule has 0 bridgehead atoms. The Morgan fingerprint density at radius 3 is 2.20 bits per heavy atom. The molecule has 13 nitrogen and oxygen atoms in total. The molecule has 1 saturated carbocycles. The Labute approximate surface area is 392 Å². The van der Waals surface area contributed by atoms with Gasteiger partial charge in [0.25, 0.3) is 5.92 Å². The van der Waals surface area contributed by atoms with E-state index in [0.717, 1.165) is 24.5 Å². The number of amides is 2. The topological polar surface area (TPSA) is 175 Å².